The summed E-state index contributed by atoms with van der Waals surface area (Å²) in [4.78, 5) is 76.6. The lowest BCUT2D eigenvalue weighted by Gasteiger charge is -2.24. The van der Waals surface area contributed by atoms with E-state index < -0.39 is 72.5 Å². The number of rotatable bonds is 17. The Morgan fingerprint density at radius 2 is 1.28 bits per heavy atom. The summed E-state index contributed by atoms with van der Waals surface area (Å²) in [5.41, 5.74) is 27.6. The highest BCUT2D eigenvalue weighted by atomic mass is 16.4. The highest BCUT2D eigenvalue weighted by Gasteiger charge is 2.31. The molecule has 1 aromatic rings. The number of carbonyl (C=O) groups excluding carboxylic acids is 5. The first-order valence-corrected chi connectivity index (χ1v) is 11.9. The maximum absolute atomic E-state index is 13.0. The van der Waals surface area contributed by atoms with Crippen molar-refractivity contribution >= 4 is 41.5 Å². The molecule has 39 heavy (non-hydrogen) atoms. The predicted molar refractivity (Wildman–Crippen MR) is 139 cm³/mol. The van der Waals surface area contributed by atoms with Crippen LogP contribution in [0.25, 0.3) is 0 Å². The Kier molecular flexibility index (Phi) is 13.4. The number of nitrogens with two attached hydrogens (primary N) is 5. The zero-order chi connectivity index (χ0) is 29.5. The topological polar surface area (TPSA) is 301 Å². The number of carbonyl (C=O) groups is 6. The number of aliphatic carboxylic acids is 1. The van der Waals surface area contributed by atoms with Gasteiger partial charge in [-0.15, -0.1) is 0 Å². The molecule has 0 aliphatic carbocycles. The molecule has 4 unspecified atom stereocenters. The molecule has 16 heteroatoms. The van der Waals surface area contributed by atoms with Gasteiger partial charge in [0.15, 0.2) is 5.96 Å². The molecular formula is C23H35N9O7. The molecule has 0 aromatic heterocycles. The van der Waals surface area contributed by atoms with E-state index >= 15 is 0 Å². The maximum Gasteiger partial charge on any atom is 0.326 e. The van der Waals surface area contributed by atoms with Crippen LogP contribution in [0.4, 0.5) is 0 Å². The smallest absolute Gasteiger partial charge is 0.326 e. The summed E-state index contributed by atoms with van der Waals surface area (Å²) in [6, 6.07) is 3.24. The van der Waals surface area contributed by atoms with Gasteiger partial charge in [0.25, 0.3) is 0 Å². The number of nitrogens with zero attached hydrogens (tertiary/aromatic N) is 1. The average Bonchev–Trinajstić information content (AvgIpc) is 2.84. The minimum absolute atomic E-state index is 0.0709. The number of carboxylic acid groups (broad SMARTS) is 1. The van der Waals surface area contributed by atoms with Gasteiger partial charge in [-0.2, -0.15) is 0 Å². The zero-order valence-electron chi connectivity index (χ0n) is 21.2. The number of hydrogen-bond donors (Lipinski definition) is 9. The Morgan fingerprint density at radius 3 is 1.82 bits per heavy atom. The molecule has 0 aliphatic rings. The fourth-order valence-electron chi connectivity index (χ4n) is 3.37. The quantitative estimate of drug-likeness (QED) is 0.0513. The second-order valence-corrected chi connectivity index (χ2v) is 8.61. The van der Waals surface area contributed by atoms with Crippen LogP contribution in [-0.2, 0) is 35.2 Å². The predicted octanol–water partition coefficient (Wildman–Crippen LogP) is -4.10. The Balaban J connectivity index is 3.04. The number of primary amides is 2. The lowest BCUT2D eigenvalue weighted by Crippen LogP contribution is -2.58. The van der Waals surface area contributed by atoms with E-state index in [1.165, 1.54) is 0 Å². The molecule has 16 nitrogen and oxygen atoms in total. The van der Waals surface area contributed by atoms with E-state index in [1.54, 1.807) is 30.3 Å². The molecule has 214 valence electrons. The van der Waals surface area contributed by atoms with Crippen molar-refractivity contribution in [1.82, 2.24) is 16.0 Å². The lowest BCUT2D eigenvalue weighted by atomic mass is 10.0. The van der Waals surface area contributed by atoms with Gasteiger partial charge in [-0.05, 0) is 24.8 Å². The van der Waals surface area contributed by atoms with Gasteiger partial charge in [0.1, 0.15) is 18.1 Å². The molecule has 0 saturated carbocycles. The maximum atomic E-state index is 13.0. The molecule has 0 fully saturated rings. The number of carboxylic acids is 1. The number of hydrogen-bond acceptors (Lipinski definition) is 8. The van der Waals surface area contributed by atoms with Gasteiger partial charge in [-0.25, -0.2) is 4.79 Å². The molecule has 0 radical (unpaired) electrons. The summed E-state index contributed by atoms with van der Waals surface area (Å²) in [6.45, 7) is 0.0709. The number of guanidine groups is 1. The SMILES string of the molecule is NC(=O)CC(NC(=O)C(CCCN=C(N)N)NC(=O)C(CC(N)=O)NC(=O)C(N)Cc1ccccc1)C(=O)O. The standard InChI is InChI=1S/C23H35N9O7/c24-13(9-12-5-2-1-3-6-12)19(35)31-15(10-17(25)33)21(37)30-14(7-4-8-29-23(27)28)20(36)32-16(22(38)39)11-18(26)34/h1-3,5-6,13-16H,4,7-11,24H2,(H2,25,33)(H2,26,34)(H,30,37)(H,31,35)(H,32,36)(H,38,39)(H4,27,28,29). The van der Waals surface area contributed by atoms with E-state index in [0.29, 0.717) is 0 Å². The fraction of sp³-hybridized carbons (Fsp3) is 0.435. The van der Waals surface area contributed by atoms with Gasteiger partial charge in [0.05, 0.1) is 18.9 Å². The molecule has 0 heterocycles. The molecule has 1 rings (SSSR count). The van der Waals surface area contributed by atoms with Crippen molar-refractivity contribution in [2.75, 3.05) is 6.54 Å². The monoisotopic (exact) mass is 549 g/mol. The van der Waals surface area contributed by atoms with Crippen molar-refractivity contribution in [1.29, 1.82) is 0 Å². The normalized spacial score (nSPS) is 13.6. The molecular weight excluding hydrogens is 514 g/mol. The second kappa shape index (κ2) is 16.2. The largest absolute Gasteiger partial charge is 0.480 e. The van der Waals surface area contributed by atoms with Gasteiger partial charge >= 0.3 is 5.97 Å². The van der Waals surface area contributed by atoms with Crippen molar-refractivity contribution < 1.29 is 33.9 Å². The van der Waals surface area contributed by atoms with Crippen molar-refractivity contribution in [3.63, 3.8) is 0 Å². The minimum atomic E-state index is -1.66. The summed E-state index contributed by atoms with van der Waals surface area (Å²) in [5.74, 6) is -6.31. The number of aliphatic imine (C=N–C) groups is 1. The van der Waals surface area contributed by atoms with Crippen LogP contribution >= 0.6 is 0 Å². The van der Waals surface area contributed by atoms with Gasteiger partial charge < -0.3 is 49.7 Å². The first-order valence-electron chi connectivity index (χ1n) is 11.9. The third-order valence-electron chi connectivity index (χ3n) is 5.27. The average molecular weight is 550 g/mol. The first kappa shape index (κ1) is 32.3. The minimum Gasteiger partial charge on any atom is -0.480 e. The Bertz CT molecular complexity index is 1060. The third kappa shape index (κ3) is 12.9. The third-order valence-corrected chi connectivity index (χ3v) is 5.27. The van der Waals surface area contributed by atoms with Crippen LogP contribution in [-0.4, -0.2) is 77.3 Å². The van der Waals surface area contributed by atoms with E-state index in [2.05, 4.69) is 20.9 Å². The van der Waals surface area contributed by atoms with Crippen molar-refractivity contribution in [2.24, 2.45) is 33.7 Å². The molecule has 0 aliphatic heterocycles. The molecule has 14 N–H and O–H groups in total. The molecule has 0 bridgehead atoms. The van der Waals surface area contributed by atoms with E-state index in [0.717, 1.165) is 5.56 Å². The van der Waals surface area contributed by atoms with Gasteiger partial charge in [-0.3, -0.25) is 29.0 Å². The fourth-order valence-corrected chi connectivity index (χ4v) is 3.37. The van der Waals surface area contributed by atoms with Crippen molar-refractivity contribution in [3.8, 4) is 0 Å². The highest BCUT2D eigenvalue weighted by molar-refractivity contribution is 5.96. The van der Waals surface area contributed by atoms with Crippen molar-refractivity contribution in [3.05, 3.63) is 35.9 Å². The van der Waals surface area contributed by atoms with E-state index in [1.807, 2.05) is 0 Å². The summed E-state index contributed by atoms with van der Waals surface area (Å²) in [5, 5.41) is 16.1. The van der Waals surface area contributed by atoms with Crippen LogP contribution in [0.2, 0.25) is 0 Å². The van der Waals surface area contributed by atoms with E-state index in [-0.39, 0.29) is 31.8 Å². The summed E-state index contributed by atoms with van der Waals surface area (Å²) >= 11 is 0. The van der Waals surface area contributed by atoms with Gasteiger partial charge in [0.2, 0.25) is 29.5 Å². The molecule has 0 saturated heterocycles. The van der Waals surface area contributed by atoms with E-state index in [9.17, 15) is 33.9 Å². The summed E-state index contributed by atoms with van der Waals surface area (Å²) in [6.07, 6.45) is -1.09. The van der Waals surface area contributed by atoms with Crippen LogP contribution in [0.1, 0.15) is 31.2 Å². The van der Waals surface area contributed by atoms with Gasteiger partial charge in [0, 0.05) is 6.54 Å². The van der Waals surface area contributed by atoms with Crippen LogP contribution in [0.5, 0.6) is 0 Å². The Morgan fingerprint density at radius 1 is 0.769 bits per heavy atom. The number of nitrogens with one attached hydrogen (secondary N) is 3. The number of benzene rings is 1. The highest BCUT2D eigenvalue weighted by Crippen LogP contribution is 2.05. The summed E-state index contributed by atoms with van der Waals surface area (Å²) in [7, 11) is 0. The van der Waals surface area contributed by atoms with Crippen LogP contribution < -0.4 is 44.6 Å². The van der Waals surface area contributed by atoms with Crippen molar-refractivity contribution in [2.45, 2.75) is 56.3 Å². The number of amides is 5. The second-order valence-electron chi connectivity index (χ2n) is 8.61. The van der Waals surface area contributed by atoms with Crippen LogP contribution in [0.3, 0.4) is 0 Å². The Labute approximate surface area is 224 Å². The van der Waals surface area contributed by atoms with Crippen LogP contribution in [0.15, 0.2) is 35.3 Å². The van der Waals surface area contributed by atoms with Crippen LogP contribution in [0, 0.1) is 0 Å². The lowest BCUT2D eigenvalue weighted by molar-refractivity contribution is -0.144. The molecule has 5 amide bonds. The Hall–Kier alpha value is -4.73. The molecule has 0 spiro atoms. The summed E-state index contributed by atoms with van der Waals surface area (Å²) < 4.78 is 0. The zero-order valence-corrected chi connectivity index (χ0v) is 21.2. The first-order chi connectivity index (χ1) is 18.3. The molecule has 4 atom stereocenters. The van der Waals surface area contributed by atoms with E-state index in [4.69, 9.17) is 28.7 Å². The van der Waals surface area contributed by atoms with Gasteiger partial charge in [-0.1, -0.05) is 30.3 Å². The molecule has 1 aromatic carbocycles.